The normalized spacial score (nSPS) is 16.4. The molecule has 1 aromatic heterocycles. The number of aromatic nitrogens is 2. The molecule has 0 spiro atoms. The maximum absolute atomic E-state index is 5.53. The maximum atomic E-state index is 5.53. The molecule has 4 nitrogen and oxygen atoms in total. The van der Waals surface area contributed by atoms with Gasteiger partial charge in [0.25, 0.3) is 0 Å². The zero-order valence-corrected chi connectivity index (χ0v) is 12.0. The number of hydrogen-bond acceptors (Lipinski definition) is 5. The molecule has 1 aliphatic carbocycles. The van der Waals surface area contributed by atoms with E-state index in [-0.39, 0.29) is 0 Å². The molecule has 0 aliphatic heterocycles. The summed E-state index contributed by atoms with van der Waals surface area (Å²) in [5.41, 5.74) is 3.82. The quantitative estimate of drug-likeness (QED) is 0.371. The molecular formula is C13H22N4S. The third-order valence-electron chi connectivity index (χ3n) is 3.49. The van der Waals surface area contributed by atoms with Crippen molar-refractivity contribution >= 4 is 17.6 Å². The largest absolute Gasteiger partial charge is 0.308 e. The van der Waals surface area contributed by atoms with Crippen LogP contribution in [0.1, 0.15) is 51.0 Å². The molecule has 1 aliphatic rings. The van der Waals surface area contributed by atoms with Crippen LogP contribution in [-0.4, -0.2) is 15.7 Å². The van der Waals surface area contributed by atoms with E-state index >= 15 is 0 Å². The molecular weight excluding hydrogens is 244 g/mol. The zero-order valence-electron chi connectivity index (χ0n) is 11.1. The number of anilines is 1. The van der Waals surface area contributed by atoms with Crippen LogP contribution in [0.2, 0.25) is 0 Å². The lowest BCUT2D eigenvalue weighted by Crippen LogP contribution is -2.13. The van der Waals surface area contributed by atoms with Crippen molar-refractivity contribution in [1.82, 2.24) is 9.97 Å². The number of thioether (sulfide) groups is 1. The second-order valence-corrected chi connectivity index (χ2v) is 6.21. The lowest BCUT2D eigenvalue weighted by atomic mass is 10.1. The van der Waals surface area contributed by atoms with Crippen molar-refractivity contribution in [3.8, 4) is 0 Å². The van der Waals surface area contributed by atoms with Crippen molar-refractivity contribution in [1.29, 1.82) is 0 Å². The van der Waals surface area contributed by atoms with Crippen LogP contribution in [0.25, 0.3) is 0 Å². The Balaban J connectivity index is 2.10. The van der Waals surface area contributed by atoms with Crippen LogP contribution in [0.15, 0.2) is 11.4 Å². The molecule has 2 rings (SSSR count). The van der Waals surface area contributed by atoms with E-state index in [0.717, 1.165) is 22.3 Å². The Labute approximate surface area is 113 Å². The van der Waals surface area contributed by atoms with Gasteiger partial charge in [-0.3, -0.25) is 0 Å². The summed E-state index contributed by atoms with van der Waals surface area (Å²) in [6, 6.07) is 0. The molecule has 1 saturated carbocycles. The van der Waals surface area contributed by atoms with Crippen molar-refractivity contribution in [2.75, 3.05) is 11.2 Å². The van der Waals surface area contributed by atoms with Gasteiger partial charge in [-0.25, -0.2) is 15.8 Å². The molecule has 0 aromatic carbocycles. The van der Waals surface area contributed by atoms with Gasteiger partial charge in [0.1, 0.15) is 17.2 Å². The molecule has 1 fully saturated rings. The zero-order chi connectivity index (χ0) is 13.0. The molecule has 18 heavy (non-hydrogen) atoms. The minimum atomic E-state index is 0.378. The highest BCUT2D eigenvalue weighted by atomic mass is 32.2. The number of nitrogens with one attached hydrogen (secondary N) is 1. The fourth-order valence-electron chi connectivity index (χ4n) is 2.50. The summed E-state index contributed by atoms with van der Waals surface area (Å²) in [7, 11) is 0. The predicted molar refractivity (Wildman–Crippen MR) is 76.6 cm³/mol. The summed E-state index contributed by atoms with van der Waals surface area (Å²) in [5, 5.41) is 1.08. The monoisotopic (exact) mass is 266 g/mol. The molecule has 0 saturated heterocycles. The highest BCUT2D eigenvalue weighted by Crippen LogP contribution is 2.35. The van der Waals surface area contributed by atoms with E-state index in [1.165, 1.54) is 31.4 Å². The number of nitrogen functional groups attached to an aromatic ring is 1. The Hall–Kier alpha value is -0.810. The van der Waals surface area contributed by atoms with Gasteiger partial charge >= 0.3 is 0 Å². The number of nitrogens with zero attached hydrogens (tertiary/aromatic N) is 2. The SMILES string of the molecule is CC(C)c1c(NN)ncnc1SCC1CCCC1. The first kappa shape index (κ1) is 13.6. The summed E-state index contributed by atoms with van der Waals surface area (Å²) in [6.07, 6.45) is 7.12. The standard InChI is InChI=1S/C13H22N4S/c1-9(2)11-12(17-14)15-8-16-13(11)18-7-10-5-3-4-6-10/h8-10H,3-7,14H2,1-2H3,(H,15,16,17). The first-order valence-corrected chi connectivity index (χ1v) is 7.65. The van der Waals surface area contributed by atoms with Gasteiger partial charge in [0.05, 0.1) is 0 Å². The number of hydrogen-bond donors (Lipinski definition) is 2. The van der Waals surface area contributed by atoms with Gasteiger partial charge in [-0.15, -0.1) is 11.8 Å². The van der Waals surface area contributed by atoms with Gasteiger partial charge in [-0.2, -0.15) is 0 Å². The van der Waals surface area contributed by atoms with E-state index in [0.29, 0.717) is 5.92 Å². The van der Waals surface area contributed by atoms with Crippen LogP contribution < -0.4 is 11.3 Å². The number of hydrazine groups is 1. The third-order valence-corrected chi connectivity index (χ3v) is 4.73. The number of nitrogens with two attached hydrogens (primary N) is 1. The average molecular weight is 266 g/mol. The third kappa shape index (κ3) is 3.14. The Morgan fingerprint density at radius 3 is 2.72 bits per heavy atom. The van der Waals surface area contributed by atoms with E-state index in [2.05, 4.69) is 29.2 Å². The molecule has 0 amide bonds. The van der Waals surface area contributed by atoms with Gasteiger partial charge in [-0.1, -0.05) is 26.7 Å². The fourth-order valence-corrected chi connectivity index (χ4v) is 3.84. The predicted octanol–water partition coefficient (Wildman–Crippen LogP) is 3.17. The summed E-state index contributed by atoms with van der Waals surface area (Å²) < 4.78 is 0. The molecule has 0 atom stereocenters. The van der Waals surface area contributed by atoms with Crippen LogP contribution in [0.4, 0.5) is 5.82 Å². The van der Waals surface area contributed by atoms with Gasteiger partial charge in [0, 0.05) is 11.3 Å². The molecule has 3 N–H and O–H groups in total. The molecule has 0 radical (unpaired) electrons. The van der Waals surface area contributed by atoms with E-state index < -0.39 is 0 Å². The van der Waals surface area contributed by atoms with Crippen LogP contribution >= 0.6 is 11.8 Å². The number of rotatable bonds is 5. The lowest BCUT2D eigenvalue weighted by molar-refractivity contribution is 0.622. The molecule has 1 heterocycles. The summed E-state index contributed by atoms with van der Waals surface area (Å²) in [5.74, 6) is 8.69. The molecule has 0 unspecified atom stereocenters. The van der Waals surface area contributed by atoms with Gasteiger partial charge in [0.15, 0.2) is 0 Å². The van der Waals surface area contributed by atoms with E-state index in [1.54, 1.807) is 6.33 Å². The molecule has 100 valence electrons. The van der Waals surface area contributed by atoms with Crippen molar-refractivity contribution < 1.29 is 0 Å². The summed E-state index contributed by atoms with van der Waals surface area (Å²) >= 11 is 1.86. The Morgan fingerprint density at radius 2 is 2.11 bits per heavy atom. The topological polar surface area (TPSA) is 63.8 Å². The van der Waals surface area contributed by atoms with Crippen LogP contribution in [0.3, 0.4) is 0 Å². The van der Waals surface area contributed by atoms with Crippen molar-refractivity contribution in [3.05, 3.63) is 11.9 Å². The van der Waals surface area contributed by atoms with Crippen LogP contribution in [-0.2, 0) is 0 Å². The molecule has 0 bridgehead atoms. The first-order valence-electron chi connectivity index (χ1n) is 6.66. The van der Waals surface area contributed by atoms with E-state index in [9.17, 15) is 0 Å². The Bertz CT molecular complexity index is 389. The smallest absolute Gasteiger partial charge is 0.147 e. The van der Waals surface area contributed by atoms with Crippen LogP contribution in [0.5, 0.6) is 0 Å². The highest BCUT2D eigenvalue weighted by molar-refractivity contribution is 7.99. The van der Waals surface area contributed by atoms with Gasteiger partial charge < -0.3 is 5.43 Å². The minimum absolute atomic E-state index is 0.378. The first-order chi connectivity index (χ1) is 8.72. The second kappa shape index (κ2) is 6.38. The minimum Gasteiger partial charge on any atom is -0.308 e. The molecule has 1 aromatic rings. The van der Waals surface area contributed by atoms with E-state index in [4.69, 9.17) is 5.84 Å². The van der Waals surface area contributed by atoms with Crippen molar-refractivity contribution in [2.24, 2.45) is 11.8 Å². The van der Waals surface area contributed by atoms with Crippen molar-refractivity contribution in [3.63, 3.8) is 0 Å². The maximum Gasteiger partial charge on any atom is 0.147 e. The van der Waals surface area contributed by atoms with Crippen molar-refractivity contribution in [2.45, 2.75) is 50.5 Å². The Morgan fingerprint density at radius 1 is 1.39 bits per heavy atom. The fraction of sp³-hybridized carbons (Fsp3) is 0.692. The van der Waals surface area contributed by atoms with E-state index in [1.807, 2.05) is 11.8 Å². The van der Waals surface area contributed by atoms with Gasteiger partial charge in [-0.05, 0) is 24.7 Å². The van der Waals surface area contributed by atoms with Crippen LogP contribution in [0, 0.1) is 5.92 Å². The highest BCUT2D eigenvalue weighted by Gasteiger charge is 2.19. The summed E-state index contributed by atoms with van der Waals surface area (Å²) in [6.45, 7) is 4.30. The molecule has 5 heteroatoms. The lowest BCUT2D eigenvalue weighted by Gasteiger charge is -2.16. The summed E-state index contributed by atoms with van der Waals surface area (Å²) in [4.78, 5) is 8.62. The van der Waals surface area contributed by atoms with Gasteiger partial charge in [0.2, 0.25) is 0 Å². The Kier molecular flexibility index (Phi) is 4.83. The second-order valence-electron chi connectivity index (χ2n) is 5.20. The average Bonchev–Trinajstić information content (AvgIpc) is 2.88.